The quantitative estimate of drug-likeness (QED) is 0.892. The molecule has 3 heteroatoms. The average molecular weight is 273 g/mol. The van der Waals surface area contributed by atoms with Gasteiger partial charge in [0.1, 0.15) is 5.75 Å². The lowest BCUT2D eigenvalue weighted by atomic mass is 9.85. The van der Waals surface area contributed by atoms with Gasteiger partial charge in [-0.1, -0.05) is 18.6 Å². The highest BCUT2D eigenvalue weighted by atomic mass is 16.5. The predicted octanol–water partition coefficient (Wildman–Crippen LogP) is 3.42. The molecular formula is C17H23NO2. The predicted molar refractivity (Wildman–Crippen MR) is 78.5 cm³/mol. The fourth-order valence-corrected chi connectivity index (χ4v) is 2.89. The molecule has 0 spiro atoms. The average Bonchev–Trinajstić information content (AvgIpc) is 2.89. The van der Waals surface area contributed by atoms with Crippen LogP contribution < -0.4 is 10.1 Å². The molecule has 0 unspecified atom stereocenters. The molecule has 3 nitrogen and oxygen atoms in total. The zero-order chi connectivity index (χ0) is 13.8. The van der Waals surface area contributed by atoms with E-state index in [9.17, 15) is 4.79 Å². The highest BCUT2D eigenvalue weighted by molar-refractivity contribution is 5.79. The molecule has 2 saturated carbocycles. The molecule has 0 saturated heterocycles. The van der Waals surface area contributed by atoms with E-state index in [-0.39, 0.29) is 11.8 Å². The summed E-state index contributed by atoms with van der Waals surface area (Å²) in [5.41, 5.74) is 1.14. The van der Waals surface area contributed by atoms with E-state index in [2.05, 4.69) is 5.32 Å². The van der Waals surface area contributed by atoms with Crippen LogP contribution in [0, 0.1) is 5.92 Å². The highest BCUT2D eigenvalue weighted by Crippen LogP contribution is 2.26. The van der Waals surface area contributed by atoms with Crippen LogP contribution in [0.3, 0.4) is 0 Å². The molecule has 0 bridgehead atoms. The zero-order valence-corrected chi connectivity index (χ0v) is 11.9. The largest absolute Gasteiger partial charge is 0.490 e. The molecule has 1 amide bonds. The molecular weight excluding hydrogens is 250 g/mol. The van der Waals surface area contributed by atoms with Gasteiger partial charge in [0.15, 0.2) is 0 Å². The second-order valence-electron chi connectivity index (χ2n) is 6.01. The van der Waals surface area contributed by atoms with Crippen molar-refractivity contribution in [2.24, 2.45) is 5.92 Å². The number of carbonyl (C=O) groups excluding carboxylic acids is 1. The van der Waals surface area contributed by atoms with E-state index in [1.165, 1.54) is 32.1 Å². The third kappa shape index (κ3) is 3.33. The van der Waals surface area contributed by atoms with Crippen molar-refractivity contribution in [1.29, 1.82) is 0 Å². The van der Waals surface area contributed by atoms with Crippen LogP contribution in [0.1, 0.15) is 50.5 Å². The third-order valence-corrected chi connectivity index (χ3v) is 4.47. The summed E-state index contributed by atoms with van der Waals surface area (Å²) in [5, 5.41) is 3.01. The number of rotatable bonds is 5. The summed E-state index contributed by atoms with van der Waals surface area (Å²) < 4.78 is 5.93. The standard InChI is InChI=1S/C17H23NO2/c19-17(14-4-3-5-14)18-12-13-8-10-16(11-9-13)20-15-6-1-2-7-15/h8-11,14-15H,1-7,12H2,(H,18,19). The first-order valence-electron chi connectivity index (χ1n) is 7.84. The van der Waals surface area contributed by atoms with Gasteiger partial charge in [-0.05, 0) is 56.2 Å². The van der Waals surface area contributed by atoms with Gasteiger partial charge in [-0.25, -0.2) is 0 Å². The normalized spacial score (nSPS) is 19.6. The van der Waals surface area contributed by atoms with Crippen molar-refractivity contribution in [1.82, 2.24) is 5.32 Å². The Kier molecular flexibility index (Phi) is 4.24. The summed E-state index contributed by atoms with van der Waals surface area (Å²) in [6.45, 7) is 0.624. The maximum absolute atomic E-state index is 11.8. The Morgan fingerprint density at radius 2 is 1.75 bits per heavy atom. The molecule has 0 heterocycles. The maximum Gasteiger partial charge on any atom is 0.223 e. The Bertz CT molecular complexity index is 445. The maximum atomic E-state index is 11.8. The van der Waals surface area contributed by atoms with Crippen LogP contribution in [0.25, 0.3) is 0 Å². The Hall–Kier alpha value is -1.51. The first-order valence-corrected chi connectivity index (χ1v) is 7.84. The Labute approximate surface area is 120 Å². The Balaban J connectivity index is 1.46. The van der Waals surface area contributed by atoms with Crippen LogP contribution in [0.2, 0.25) is 0 Å². The van der Waals surface area contributed by atoms with Crippen molar-refractivity contribution >= 4 is 5.91 Å². The van der Waals surface area contributed by atoms with E-state index in [0.717, 1.165) is 24.2 Å². The van der Waals surface area contributed by atoms with Crippen molar-refractivity contribution < 1.29 is 9.53 Å². The van der Waals surface area contributed by atoms with Gasteiger partial charge in [0, 0.05) is 12.5 Å². The van der Waals surface area contributed by atoms with Crippen molar-refractivity contribution in [3.8, 4) is 5.75 Å². The van der Waals surface area contributed by atoms with Crippen LogP contribution in [-0.4, -0.2) is 12.0 Å². The van der Waals surface area contributed by atoms with E-state index >= 15 is 0 Å². The van der Waals surface area contributed by atoms with Crippen LogP contribution in [0.5, 0.6) is 5.75 Å². The molecule has 1 N–H and O–H groups in total. The van der Waals surface area contributed by atoms with Gasteiger partial charge in [-0.3, -0.25) is 4.79 Å². The number of hydrogen-bond donors (Lipinski definition) is 1. The first-order chi connectivity index (χ1) is 9.81. The summed E-state index contributed by atoms with van der Waals surface area (Å²) in [6.07, 6.45) is 8.65. The molecule has 1 aromatic carbocycles. The van der Waals surface area contributed by atoms with E-state index < -0.39 is 0 Å². The number of hydrogen-bond acceptors (Lipinski definition) is 2. The number of benzene rings is 1. The number of carbonyl (C=O) groups is 1. The molecule has 20 heavy (non-hydrogen) atoms. The number of nitrogens with one attached hydrogen (secondary N) is 1. The van der Waals surface area contributed by atoms with Gasteiger partial charge in [-0.2, -0.15) is 0 Å². The van der Waals surface area contributed by atoms with Crippen molar-refractivity contribution in [3.63, 3.8) is 0 Å². The molecule has 108 valence electrons. The first kappa shape index (κ1) is 13.5. The van der Waals surface area contributed by atoms with Crippen LogP contribution in [0.15, 0.2) is 24.3 Å². The molecule has 0 aromatic heterocycles. The minimum absolute atomic E-state index is 0.211. The topological polar surface area (TPSA) is 38.3 Å². The fourth-order valence-electron chi connectivity index (χ4n) is 2.89. The second-order valence-corrected chi connectivity index (χ2v) is 6.01. The third-order valence-electron chi connectivity index (χ3n) is 4.47. The smallest absolute Gasteiger partial charge is 0.223 e. The molecule has 2 fully saturated rings. The zero-order valence-electron chi connectivity index (χ0n) is 11.9. The van der Waals surface area contributed by atoms with E-state index in [4.69, 9.17) is 4.74 Å². The minimum Gasteiger partial charge on any atom is -0.490 e. The summed E-state index contributed by atoms with van der Waals surface area (Å²) in [7, 11) is 0. The minimum atomic E-state index is 0.211. The number of ether oxygens (including phenoxy) is 1. The van der Waals surface area contributed by atoms with Gasteiger partial charge in [0.2, 0.25) is 5.91 Å². The van der Waals surface area contributed by atoms with Gasteiger partial charge < -0.3 is 10.1 Å². The van der Waals surface area contributed by atoms with E-state index in [1.807, 2.05) is 24.3 Å². The molecule has 1 aromatic rings. The molecule has 0 atom stereocenters. The van der Waals surface area contributed by atoms with Crippen molar-refractivity contribution in [2.45, 2.75) is 57.6 Å². The van der Waals surface area contributed by atoms with Gasteiger partial charge in [-0.15, -0.1) is 0 Å². The lowest BCUT2D eigenvalue weighted by Gasteiger charge is -2.24. The summed E-state index contributed by atoms with van der Waals surface area (Å²) >= 11 is 0. The fraction of sp³-hybridized carbons (Fsp3) is 0.588. The summed E-state index contributed by atoms with van der Waals surface area (Å²) in [6, 6.07) is 8.13. The van der Waals surface area contributed by atoms with Crippen LogP contribution >= 0.6 is 0 Å². The second kappa shape index (κ2) is 6.29. The number of amides is 1. The molecule has 0 aliphatic heterocycles. The highest BCUT2D eigenvalue weighted by Gasteiger charge is 2.24. The van der Waals surface area contributed by atoms with E-state index in [0.29, 0.717) is 12.6 Å². The Morgan fingerprint density at radius 3 is 2.35 bits per heavy atom. The molecule has 3 rings (SSSR count). The summed E-state index contributed by atoms with van der Waals surface area (Å²) in [4.78, 5) is 11.8. The van der Waals surface area contributed by atoms with Gasteiger partial charge in [0.25, 0.3) is 0 Å². The lowest BCUT2D eigenvalue weighted by molar-refractivity contribution is -0.127. The van der Waals surface area contributed by atoms with Crippen LogP contribution in [-0.2, 0) is 11.3 Å². The van der Waals surface area contributed by atoms with Gasteiger partial charge in [0.05, 0.1) is 6.10 Å². The van der Waals surface area contributed by atoms with Gasteiger partial charge >= 0.3 is 0 Å². The molecule has 2 aliphatic carbocycles. The SMILES string of the molecule is O=C(NCc1ccc(OC2CCCC2)cc1)C1CCC1. The van der Waals surface area contributed by atoms with E-state index in [1.54, 1.807) is 0 Å². The van der Waals surface area contributed by atoms with Crippen LogP contribution in [0.4, 0.5) is 0 Å². The van der Waals surface area contributed by atoms with Crippen molar-refractivity contribution in [2.75, 3.05) is 0 Å². The molecule has 0 radical (unpaired) electrons. The monoisotopic (exact) mass is 273 g/mol. The Morgan fingerprint density at radius 1 is 1.05 bits per heavy atom. The molecule has 2 aliphatic rings. The summed E-state index contributed by atoms with van der Waals surface area (Å²) in [5.74, 6) is 1.42. The lowest BCUT2D eigenvalue weighted by Crippen LogP contribution is -2.33. The van der Waals surface area contributed by atoms with Crippen molar-refractivity contribution in [3.05, 3.63) is 29.8 Å².